The Morgan fingerprint density at radius 2 is 2.06 bits per heavy atom. The van der Waals surface area contributed by atoms with Gasteiger partial charge in [0.05, 0.1) is 4.88 Å². The van der Waals surface area contributed by atoms with Gasteiger partial charge < -0.3 is 14.8 Å². The SMILES string of the molecule is c1sc(CN2CCNCC2)c2c1OCCO2. The molecular formula is C11H16N2O2S. The maximum Gasteiger partial charge on any atom is 0.176 e. The molecule has 1 N–H and O–H groups in total. The molecule has 0 aromatic carbocycles. The lowest BCUT2D eigenvalue weighted by Gasteiger charge is -2.27. The third-order valence-corrected chi connectivity index (χ3v) is 3.88. The van der Waals surface area contributed by atoms with Crippen molar-refractivity contribution in [3.8, 4) is 11.5 Å². The van der Waals surface area contributed by atoms with E-state index in [1.165, 1.54) is 4.88 Å². The van der Waals surface area contributed by atoms with Crippen LogP contribution >= 0.6 is 11.3 Å². The molecule has 1 aromatic rings. The summed E-state index contributed by atoms with van der Waals surface area (Å²) in [6.07, 6.45) is 0. The van der Waals surface area contributed by atoms with Crippen molar-refractivity contribution in [2.24, 2.45) is 0 Å². The van der Waals surface area contributed by atoms with E-state index in [0.29, 0.717) is 13.2 Å². The third-order valence-electron chi connectivity index (χ3n) is 2.95. The van der Waals surface area contributed by atoms with Gasteiger partial charge in [-0.1, -0.05) is 0 Å². The lowest BCUT2D eigenvalue weighted by atomic mass is 10.3. The Morgan fingerprint density at radius 1 is 1.25 bits per heavy atom. The van der Waals surface area contributed by atoms with Gasteiger partial charge in [0.25, 0.3) is 0 Å². The van der Waals surface area contributed by atoms with Crippen LogP contribution in [0, 0.1) is 0 Å². The molecule has 0 aliphatic carbocycles. The molecule has 88 valence electrons. The highest BCUT2D eigenvalue weighted by molar-refractivity contribution is 7.10. The second kappa shape index (κ2) is 4.61. The van der Waals surface area contributed by atoms with E-state index in [9.17, 15) is 0 Å². The van der Waals surface area contributed by atoms with Crippen molar-refractivity contribution in [2.75, 3.05) is 39.4 Å². The van der Waals surface area contributed by atoms with E-state index >= 15 is 0 Å². The minimum absolute atomic E-state index is 0.677. The molecule has 3 heterocycles. The van der Waals surface area contributed by atoms with Crippen LogP contribution in [0.5, 0.6) is 11.5 Å². The van der Waals surface area contributed by atoms with Crippen LogP contribution in [0.3, 0.4) is 0 Å². The van der Waals surface area contributed by atoms with E-state index in [1.807, 2.05) is 0 Å². The summed E-state index contributed by atoms with van der Waals surface area (Å²) in [6.45, 7) is 6.76. The predicted molar refractivity (Wildman–Crippen MR) is 63.5 cm³/mol. The third kappa shape index (κ3) is 2.03. The minimum atomic E-state index is 0.677. The highest BCUT2D eigenvalue weighted by atomic mass is 32.1. The van der Waals surface area contributed by atoms with Gasteiger partial charge in [-0.25, -0.2) is 0 Å². The molecule has 0 unspecified atom stereocenters. The van der Waals surface area contributed by atoms with Crippen molar-refractivity contribution < 1.29 is 9.47 Å². The molecule has 16 heavy (non-hydrogen) atoms. The number of hydrogen-bond acceptors (Lipinski definition) is 5. The van der Waals surface area contributed by atoms with Crippen LogP contribution in [0.15, 0.2) is 5.38 Å². The quantitative estimate of drug-likeness (QED) is 0.833. The fourth-order valence-electron chi connectivity index (χ4n) is 2.10. The van der Waals surface area contributed by atoms with Crippen LogP contribution < -0.4 is 14.8 Å². The first-order valence-corrected chi connectivity index (χ1v) is 6.60. The highest BCUT2D eigenvalue weighted by Gasteiger charge is 2.20. The maximum absolute atomic E-state index is 5.68. The zero-order chi connectivity index (χ0) is 10.8. The molecule has 0 radical (unpaired) electrons. The van der Waals surface area contributed by atoms with Gasteiger partial charge in [0.2, 0.25) is 0 Å². The zero-order valence-corrected chi connectivity index (χ0v) is 10.0. The Hall–Kier alpha value is -0.780. The number of ether oxygens (including phenoxy) is 2. The molecule has 0 amide bonds. The van der Waals surface area contributed by atoms with Gasteiger partial charge in [-0.3, -0.25) is 4.90 Å². The molecule has 0 bridgehead atoms. The molecule has 1 aromatic heterocycles. The Labute approximate surface area is 99.2 Å². The van der Waals surface area contributed by atoms with Crippen molar-refractivity contribution in [2.45, 2.75) is 6.54 Å². The average molecular weight is 240 g/mol. The van der Waals surface area contributed by atoms with E-state index in [1.54, 1.807) is 11.3 Å². The number of nitrogens with zero attached hydrogens (tertiary/aromatic N) is 1. The van der Waals surface area contributed by atoms with Gasteiger partial charge in [0.1, 0.15) is 13.2 Å². The van der Waals surface area contributed by atoms with Gasteiger partial charge in [0.15, 0.2) is 11.5 Å². The molecular weight excluding hydrogens is 224 g/mol. The number of nitrogens with one attached hydrogen (secondary N) is 1. The summed E-state index contributed by atoms with van der Waals surface area (Å²) in [5.74, 6) is 1.91. The average Bonchev–Trinajstić information content (AvgIpc) is 2.74. The van der Waals surface area contributed by atoms with Gasteiger partial charge in [-0.2, -0.15) is 0 Å². The fourth-order valence-corrected chi connectivity index (χ4v) is 3.05. The number of rotatable bonds is 2. The number of hydrogen-bond donors (Lipinski definition) is 1. The predicted octanol–water partition coefficient (Wildman–Crippen LogP) is 0.924. The van der Waals surface area contributed by atoms with Gasteiger partial charge in [-0.15, -0.1) is 11.3 Å². The summed E-state index contributed by atoms with van der Waals surface area (Å²) in [7, 11) is 0. The van der Waals surface area contributed by atoms with Gasteiger partial charge in [-0.05, 0) is 0 Å². The monoisotopic (exact) mass is 240 g/mol. The molecule has 2 aliphatic heterocycles. The van der Waals surface area contributed by atoms with Crippen LogP contribution in [0.1, 0.15) is 4.88 Å². The smallest absolute Gasteiger partial charge is 0.176 e. The summed E-state index contributed by atoms with van der Waals surface area (Å²) in [4.78, 5) is 3.76. The summed E-state index contributed by atoms with van der Waals surface area (Å²) in [5.41, 5.74) is 0. The Morgan fingerprint density at radius 3 is 2.94 bits per heavy atom. The van der Waals surface area contributed by atoms with E-state index in [2.05, 4.69) is 15.6 Å². The van der Waals surface area contributed by atoms with E-state index in [-0.39, 0.29) is 0 Å². The lowest BCUT2D eigenvalue weighted by Crippen LogP contribution is -2.42. The summed E-state index contributed by atoms with van der Waals surface area (Å²) in [5, 5.41) is 5.42. The molecule has 1 fully saturated rings. The molecule has 3 rings (SSSR count). The highest BCUT2D eigenvalue weighted by Crippen LogP contribution is 2.39. The minimum Gasteiger partial charge on any atom is -0.485 e. The molecule has 0 saturated carbocycles. The van der Waals surface area contributed by atoms with Crippen molar-refractivity contribution in [3.05, 3.63) is 10.3 Å². The number of thiophene rings is 1. The first-order chi connectivity index (χ1) is 7.93. The lowest BCUT2D eigenvalue weighted by molar-refractivity contribution is 0.168. The van der Waals surface area contributed by atoms with Gasteiger partial charge in [0, 0.05) is 38.1 Å². The van der Waals surface area contributed by atoms with Crippen molar-refractivity contribution in [1.82, 2.24) is 10.2 Å². The normalized spacial score (nSPS) is 21.0. The topological polar surface area (TPSA) is 33.7 Å². The molecule has 5 heteroatoms. The van der Waals surface area contributed by atoms with Crippen LogP contribution in [0.25, 0.3) is 0 Å². The summed E-state index contributed by atoms with van der Waals surface area (Å²) in [6, 6.07) is 0. The molecule has 1 saturated heterocycles. The molecule has 4 nitrogen and oxygen atoms in total. The second-order valence-electron chi connectivity index (χ2n) is 4.08. The molecule has 0 spiro atoms. The standard InChI is InChI=1S/C11H16N2O2S/c1-3-13(4-2-12-1)7-10-11-9(8-16-10)14-5-6-15-11/h8,12H,1-7H2. The summed E-state index contributed by atoms with van der Waals surface area (Å²) >= 11 is 1.75. The van der Waals surface area contributed by atoms with E-state index < -0.39 is 0 Å². The van der Waals surface area contributed by atoms with Crippen LogP contribution in [0.4, 0.5) is 0 Å². The van der Waals surface area contributed by atoms with E-state index in [0.717, 1.165) is 44.2 Å². The second-order valence-corrected chi connectivity index (χ2v) is 5.04. The van der Waals surface area contributed by atoms with E-state index in [4.69, 9.17) is 9.47 Å². The first kappa shape index (κ1) is 10.4. The van der Waals surface area contributed by atoms with Gasteiger partial charge >= 0.3 is 0 Å². The van der Waals surface area contributed by atoms with Crippen molar-refractivity contribution in [1.29, 1.82) is 0 Å². The van der Waals surface area contributed by atoms with Crippen LogP contribution in [-0.4, -0.2) is 44.3 Å². The largest absolute Gasteiger partial charge is 0.485 e. The van der Waals surface area contributed by atoms with Crippen molar-refractivity contribution in [3.63, 3.8) is 0 Å². The zero-order valence-electron chi connectivity index (χ0n) is 9.20. The molecule has 0 atom stereocenters. The molecule has 2 aliphatic rings. The number of piperazine rings is 1. The van der Waals surface area contributed by atoms with Crippen LogP contribution in [0.2, 0.25) is 0 Å². The first-order valence-electron chi connectivity index (χ1n) is 5.72. The Bertz CT molecular complexity index is 361. The maximum atomic E-state index is 5.68. The number of fused-ring (bicyclic) bond motifs is 1. The van der Waals surface area contributed by atoms with Crippen LogP contribution in [-0.2, 0) is 6.54 Å². The van der Waals surface area contributed by atoms with Crippen molar-refractivity contribution >= 4 is 11.3 Å². The summed E-state index contributed by atoms with van der Waals surface area (Å²) < 4.78 is 11.2. The fraction of sp³-hybridized carbons (Fsp3) is 0.636. The Kier molecular flexibility index (Phi) is 2.99. The Balaban J connectivity index is 1.71.